The normalized spacial score (nSPS) is 11.0. The Morgan fingerprint density at radius 1 is 0.636 bits per heavy atom. The third-order valence-corrected chi connectivity index (χ3v) is 5.65. The van der Waals surface area contributed by atoms with Gasteiger partial charge in [0.25, 0.3) is 16.9 Å². The van der Waals surface area contributed by atoms with Crippen LogP contribution in [0.5, 0.6) is 0 Å². The predicted octanol–water partition coefficient (Wildman–Crippen LogP) is 5.83. The minimum Gasteiger partial charge on any atom is -0.321 e. The summed E-state index contributed by atoms with van der Waals surface area (Å²) in [5, 5.41) is 24.8. The molecule has 0 amide bonds. The highest BCUT2D eigenvalue weighted by Gasteiger charge is 2.20. The number of aromatic amines is 1. The molecule has 0 spiro atoms. The van der Waals surface area contributed by atoms with Crippen LogP contribution >= 0.6 is 0 Å². The van der Waals surface area contributed by atoms with Crippen LogP contribution < -0.4 is 5.56 Å². The van der Waals surface area contributed by atoms with Gasteiger partial charge in [-0.1, -0.05) is 48.5 Å². The molecule has 1 heterocycles. The molecule has 0 atom stereocenters. The molecule has 5 rings (SSSR count). The maximum Gasteiger partial charge on any atom is 0.277 e. The number of H-pyrrole nitrogens is 1. The van der Waals surface area contributed by atoms with E-state index in [1.165, 1.54) is 12.1 Å². The number of hydrogen-bond acceptors (Lipinski definition) is 5. The van der Waals surface area contributed by atoms with Gasteiger partial charge in [-0.25, -0.2) is 0 Å². The molecular formula is C25H15N3O5. The van der Waals surface area contributed by atoms with Crippen LogP contribution in [0, 0.1) is 20.2 Å². The summed E-state index contributed by atoms with van der Waals surface area (Å²) >= 11 is 0. The molecular weight excluding hydrogens is 422 g/mol. The number of nitrogens with one attached hydrogen (secondary N) is 1. The first-order chi connectivity index (χ1) is 16.0. The molecule has 5 aromatic rings. The lowest BCUT2D eigenvalue weighted by atomic mass is 9.93. The lowest BCUT2D eigenvalue weighted by Gasteiger charge is -2.11. The van der Waals surface area contributed by atoms with E-state index in [0.29, 0.717) is 43.9 Å². The molecule has 0 unspecified atom stereocenters. The number of aromatic nitrogens is 1. The molecule has 0 radical (unpaired) electrons. The van der Waals surface area contributed by atoms with Crippen LogP contribution in [0.1, 0.15) is 0 Å². The van der Waals surface area contributed by atoms with Crippen LogP contribution in [-0.4, -0.2) is 14.8 Å². The quantitative estimate of drug-likeness (QED) is 0.215. The fourth-order valence-electron chi connectivity index (χ4n) is 4.22. The van der Waals surface area contributed by atoms with Gasteiger partial charge in [-0.3, -0.25) is 25.0 Å². The lowest BCUT2D eigenvalue weighted by Crippen LogP contribution is -2.07. The summed E-state index contributed by atoms with van der Waals surface area (Å²) in [5.74, 6) is 0. The maximum absolute atomic E-state index is 12.9. The summed E-state index contributed by atoms with van der Waals surface area (Å²) in [4.78, 5) is 38.0. The highest BCUT2D eigenvalue weighted by Crippen LogP contribution is 2.38. The maximum atomic E-state index is 12.9. The van der Waals surface area contributed by atoms with Crippen LogP contribution in [-0.2, 0) is 0 Å². The van der Waals surface area contributed by atoms with Crippen molar-refractivity contribution < 1.29 is 9.85 Å². The average Bonchev–Trinajstić information content (AvgIpc) is 2.83. The zero-order valence-corrected chi connectivity index (χ0v) is 17.0. The van der Waals surface area contributed by atoms with Gasteiger partial charge in [0.15, 0.2) is 0 Å². The van der Waals surface area contributed by atoms with Crippen LogP contribution in [0.15, 0.2) is 89.7 Å². The molecule has 8 nitrogen and oxygen atoms in total. The van der Waals surface area contributed by atoms with Crippen molar-refractivity contribution in [1.82, 2.24) is 4.98 Å². The highest BCUT2D eigenvalue weighted by atomic mass is 16.6. The van der Waals surface area contributed by atoms with Crippen LogP contribution in [0.4, 0.5) is 11.4 Å². The van der Waals surface area contributed by atoms with Gasteiger partial charge in [-0.2, -0.15) is 0 Å². The Labute approximate surface area is 186 Å². The summed E-state index contributed by atoms with van der Waals surface area (Å²) in [6, 6.07) is 23.1. The van der Waals surface area contributed by atoms with Crippen LogP contribution in [0.3, 0.4) is 0 Å². The van der Waals surface area contributed by atoms with Crippen molar-refractivity contribution in [2.45, 2.75) is 0 Å². The first-order valence-corrected chi connectivity index (χ1v) is 10.0. The summed E-state index contributed by atoms with van der Waals surface area (Å²) in [7, 11) is 0. The number of pyridine rings is 1. The van der Waals surface area contributed by atoms with E-state index < -0.39 is 9.85 Å². The average molecular weight is 437 g/mol. The Kier molecular flexibility index (Phi) is 4.68. The van der Waals surface area contributed by atoms with E-state index in [1.807, 2.05) is 0 Å². The van der Waals surface area contributed by atoms with Crippen LogP contribution in [0.2, 0.25) is 0 Å². The lowest BCUT2D eigenvalue weighted by molar-refractivity contribution is -0.384. The molecule has 1 N–H and O–H groups in total. The molecule has 1 aromatic heterocycles. The van der Waals surface area contributed by atoms with Gasteiger partial charge < -0.3 is 4.98 Å². The Morgan fingerprint density at radius 2 is 1.24 bits per heavy atom. The molecule has 33 heavy (non-hydrogen) atoms. The van der Waals surface area contributed by atoms with Crippen molar-refractivity contribution >= 4 is 33.1 Å². The summed E-state index contributed by atoms with van der Waals surface area (Å²) < 4.78 is 0. The standard InChI is InChI=1S/C25H15N3O5/c29-25-20-9-5-8-18(17-7-2-4-11-23(17)28(32)33)24(20)19-13-12-15(14-21(19)26-25)16-6-1-3-10-22(16)27(30)31/h1-14H,(H,26,29). The molecule has 0 bridgehead atoms. The number of hydrogen-bond donors (Lipinski definition) is 1. The Balaban J connectivity index is 1.84. The third-order valence-electron chi connectivity index (χ3n) is 5.65. The number of nitro groups is 2. The molecule has 0 fully saturated rings. The van der Waals surface area contributed by atoms with Crippen molar-refractivity contribution in [3.63, 3.8) is 0 Å². The molecule has 0 saturated heterocycles. The molecule has 160 valence electrons. The highest BCUT2D eigenvalue weighted by molar-refractivity contribution is 6.14. The van der Waals surface area contributed by atoms with E-state index in [-0.39, 0.29) is 16.9 Å². The van der Waals surface area contributed by atoms with E-state index in [0.717, 1.165) is 0 Å². The number of para-hydroxylation sites is 2. The number of nitrogens with zero attached hydrogens (tertiary/aromatic N) is 2. The summed E-state index contributed by atoms with van der Waals surface area (Å²) in [6.07, 6.45) is 0. The number of fused-ring (bicyclic) bond motifs is 3. The van der Waals surface area contributed by atoms with E-state index in [4.69, 9.17) is 0 Å². The van der Waals surface area contributed by atoms with Gasteiger partial charge >= 0.3 is 0 Å². The van der Waals surface area contributed by atoms with Crippen molar-refractivity contribution in [3.8, 4) is 22.3 Å². The van der Waals surface area contributed by atoms with Crippen molar-refractivity contribution in [2.24, 2.45) is 0 Å². The topological polar surface area (TPSA) is 119 Å². The Bertz CT molecular complexity index is 1660. The van der Waals surface area contributed by atoms with Gasteiger partial charge in [-0.15, -0.1) is 0 Å². The van der Waals surface area contributed by atoms with E-state index in [1.54, 1.807) is 72.8 Å². The Morgan fingerprint density at radius 3 is 1.94 bits per heavy atom. The minimum absolute atomic E-state index is 0.0411. The molecule has 0 aliphatic heterocycles. The smallest absolute Gasteiger partial charge is 0.277 e. The third kappa shape index (κ3) is 3.30. The summed E-state index contributed by atoms with van der Waals surface area (Å²) in [6.45, 7) is 0. The van der Waals surface area contributed by atoms with E-state index >= 15 is 0 Å². The van der Waals surface area contributed by atoms with E-state index in [9.17, 15) is 25.0 Å². The second kappa shape index (κ2) is 7.69. The van der Waals surface area contributed by atoms with Gasteiger partial charge in [0.1, 0.15) is 0 Å². The second-order valence-corrected chi connectivity index (χ2v) is 7.49. The first-order valence-electron chi connectivity index (χ1n) is 10.0. The molecule has 0 saturated carbocycles. The van der Waals surface area contributed by atoms with Gasteiger partial charge in [0.05, 0.1) is 21.0 Å². The predicted molar refractivity (Wildman–Crippen MR) is 126 cm³/mol. The molecule has 4 aromatic carbocycles. The van der Waals surface area contributed by atoms with Crippen molar-refractivity contribution in [3.05, 3.63) is 116 Å². The fraction of sp³-hybridized carbons (Fsp3) is 0. The monoisotopic (exact) mass is 437 g/mol. The number of nitro benzene ring substituents is 2. The molecule has 8 heteroatoms. The SMILES string of the molecule is O=c1[nH]c2cc(-c3ccccc3[N+](=O)[O-])ccc2c2c(-c3ccccc3[N+](=O)[O-])cccc12. The number of benzene rings is 4. The van der Waals surface area contributed by atoms with Crippen molar-refractivity contribution in [1.29, 1.82) is 0 Å². The first kappa shape index (κ1) is 20.1. The molecule has 0 aliphatic carbocycles. The number of rotatable bonds is 4. The largest absolute Gasteiger partial charge is 0.321 e. The summed E-state index contributed by atoms with van der Waals surface area (Å²) in [5.41, 5.74) is 2.00. The zero-order valence-electron chi connectivity index (χ0n) is 17.0. The van der Waals surface area contributed by atoms with Gasteiger partial charge in [0.2, 0.25) is 0 Å². The van der Waals surface area contributed by atoms with Crippen LogP contribution in [0.25, 0.3) is 43.9 Å². The molecule has 0 aliphatic rings. The minimum atomic E-state index is -0.449. The fourth-order valence-corrected chi connectivity index (χ4v) is 4.22. The second-order valence-electron chi connectivity index (χ2n) is 7.49. The van der Waals surface area contributed by atoms with Gasteiger partial charge in [-0.05, 0) is 35.4 Å². The van der Waals surface area contributed by atoms with E-state index in [2.05, 4.69) is 4.98 Å². The Hall–Kier alpha value is -4.85. The van der Waals surface area contributed by atoms with Gasteiger partial charge in [0, 0.05) is 33.8 Å². The zero-order chi connectivity index (χ0) is 23.1. The van der Waals surface area contributed by atoms with Crippen molar-refractivity contribution in [2.75, 3.05) is 0 Å².